The van der Waals surface area contributed by atoms with Gasteiger partial charge in [0.1, 0.15) is 23.7 Å². The summed E-state index contributed by atoms with van der Waals surface area (Å²) in [5, 5.41) is 9.20. The van der Waals surface area contributed by atoms with E-state index in [2.05, 4.69) is 4.98 Å². The molecule has 2 aromatic rings. The molecule has 0 fully saturated rings. The number of aromatic nitrogens is 1. The minimum absolute atomic E-state index is 0.148. The van der Waals surface area contributed by atoms with Gasteiger partial charge >= 0.3 is 5.97 Å². The van der Waals surface area contributed by atoms with Gasteiger partial charge < -0.3 is 14.6 Å². The van der Waals surface area contributed by atoms with Crippen molar-refractivity contribution in [1.29, 1.82) is 0 Å². The largest absolute Gasteiger partial charge is 0.497 e. The molecular weight excluding hydrogens is 270 g/mol. The number of benzene rings is 1. The fraction of sp³-hybridized carbons (Fsp3) is 0.250. The lowest BCUT2D eigenvalue weighted by Crippen LogP contribution is -2.05. The Hall–Kier alpha value is -2.56. The van der Waals surface area contributed by atoms with Crippen LogP contribution in [0.1, 0.15) is 27.3 Å². The molecule has 21 heavy (non-hydrogen) atoms. The van der Waals surface area contributed by atoms with Crippen LogP contribution in [0.3, 0.4) is 0 Å². The lowest BCUT2D eigenvalue weighted by Gasteiger charge is -2.11. The van der Waals surface area contributed by atoms with Crippen LogP contribution in [-0.4, -0.2) is 23.2 Å². The van der Waals surface area contributed by atoms with Gasteiger partial charge in [0.25, 0.3) is 0 Å². The third-order valence-electron chi connectivity index (χ3n) is 2.96. The zero-order valence-electron chi connectivity index (χ0n) is 12.2. The molecule has 0 atom stereocenters. The van der Waals surface area contributed by atoms with E-state index in [4.69, 9.17) is 9.47 Å². The maximum atomic E-state index is 11.2. The van der Waals surface area contributed by atoms with Gasteiger partial charge in [0.15, 0.2) is 0 Å². The second kappa shape index (κ2) is 6.26. The van der Waals surface area contributed by atoms with Crippen LogP contribution >= 0.6 is 0 Å². The maximum absolute atomic E-state index is 11.2. The predicted octanol–water partition coefficient (Wildman–Crippen LogP) is 2.98. The van der Waals surface area contributed by atoms with E-state index >= 15 is 0 Å². The summed E-state index contributed by atoms with van der Waals surface area (Å²) < 4.78 is 10.8. The zero-order valence-corrected chi connectivity index (χ0v) is 12.2. The molecule has 0 aliphatic heterocycles. The summed E-state index contributed by atoms with van der Waals surface area (Å²) >= 11 is 0. The van der Waals surface area contributed by atoms with Crippen molar-refractivity contribution in [2.45, 2.75) is 20.5 Å². The number of nitrogens with zero attached hydrogens (tertiary/aromatic N) is 1. The monoisotopic (exact) mass is 287 g/mol. The summed E-state index contributed by atoms with van der Waals surface area (Å²) in [7, 11) is 1.59. The topological polar surface area (TPSA) is 68.7 Å². The van der Waals surface area contributed by atoms with Gasteiger partial charge in [-0.25, -0.2) is 4.79 Å². The number of aromatic carboxylic acids is 1. The van der Waals surface area contributed by atoms with E-state index in [1.165, 1.54) is 0 Å². The fourth-order valence-corrected chi connectivity index (χ4v) is 1.98. The maximum Gasteiger partial charge on any atom is 0.339 e. The standard InChI is InChI=1S/C16H17NO4/c1-10-4-5-15(14(6-10)16(18)19)21-9-12-8-13(20-3)7-11(2)17-12/h4-8H,9H2,1-3H3,(H,18,19). The lowest BCUT2D eigenvalue weighted by atomic mass is 10.1. The smallest absolute Gasteiger partial charge is 0.339 e. The van der Waals surface area contributed by atoms with Gasteiger partial charge in [0, 0.05) is 17.8 Å². The molecule has 1 N–H and O–H groups in total. The minimum atomic E-state index is -1.01. The molecule has 1 aromatic carbocycles. The summed E-state index contributed by atoms with van der Waals surface area (Å²) in [4.78, 5) is 15.6. The first-order chi connectivity index (χ1) is 9.99. The van der Waals surface area contributed by atoms with Crippen molar-refractivity contribution in [1.82, 2.24) is 4.98 Å². The van der Waals surface area contributed by atoms with Crippen LogP contribution in [0.2, 0.25) is 0 Å². The van der Waals surface area contributed by atoms with E-state index in [0.29, 0.717) is 17.2 Å². The van der Waals surface area contributed by atoms with Crippen LogP contribution in [0.15, 0.2) is 30.3 Å². The molecule has 5 heteroatoms. The van der Waals surface area contributed by atoms with Gasteiger partial charge in [-0.1, -0.05) is 11.6 Å². The van der Waals surface area contributed by atoms with E-state index in [1.54, 1.807) is 25.3 Å². The minimum Gasteiger partial charge on any atom is -0.497 e. The van der Waals surface area contributed by atoms with Crippen LogP contribution in [0.25, 0.3) is 0 Å². The Bertz CT molecular complexity index is 667. The number of carbonyl (C=O) groups is 1. The molecular formula is C16H17NO4. The second-order valence-corrected chi connectivity index (χ2v) is 4.73. The number of methoxy groups -OCH3 is 1. The van der Waals surface area contributed by atoms with Crippen LogP contribution in [0, 0.1) is 13.8 Å². The van der Waals surface area contributed by atoms with Crippen molar-refractivity contribution in [2.24, 2.45) is 0 Å². The molecule has 0 saturated heterocycles. The molecule has 0 bridgehead atoms. The molecule has 2 rings (SSSR count). The predicted molar refractivity (Wildman–Crippen MR) is 78.0 cm³/mol. The van der Waals surface area contributed by atoms with E-state index in [9.17, 15) is 9.90 Å². The Morgan fingerprint density at radius 1 is 1.24 bits per heavy atom. The molecule has 0 aliphatic rings. The molecule has 1 heterocycles. The van der Waals surface area contributed by atoms with Crippen molar-refractivity contribution in [3.05, 3.63) is 52.8 Å². The van der Waals surface area contributed by atoms with Gasteiger partial charge in [0.05, 0.1) is 12.8 Å². The summed E-state index contributed by atoms with van der Waals surface area (Å²) in [5.41, 5.74) is 2.52. The highest BCUT2D eigenvalue weighted by Crippen LogP contribution is 2.22. The number of rotatable bonds is 5. The Balaban J connectivity index is 2.20. The first-order valence-electron chi connectivity index (χ1n) is 6.48. The third kappa shape index (κ3) is 3.72. The number of pyridine rings is 1. The number of hydrogen-bond acceptors (Lipinski definition) is 4. The van der Waals surface area contributed by atoms with Crippen LogP contribution in [0.4, 0.5) is 0 Å². The molecule has 0 radical (unpaired) electrons. The average Bonchev–Trinajstić information content (AvgIpc) is 2.45. The van der Waals surface area contributed by atoms with Gasteiger partial charge in [-0.05, 0) is 26.0 Å². The Kier molecular flexibility index (Phi) is 4.42. The van der Waals surface area contributed by atoms with E-state index in [0.717, 1.165) is 11.3 Å². The number of carboxylic acid groups (broad SMARTS) is 1. The molecule has 0 amide bonds. The van der Waals surface area contributed by atoms with Crippen molar-refractivity contribution in [2.75, 3.05) is 7.11 Å². The molecule has 0 unspecified atom stereocenters. The van der Waals surface area contributed by atoms with Crippen molar-refractivity contribution < 1.29 is 19.4 Å². The molecule has 5 nitrogen and oxygen atoms in total. The molecule has 0 spiro atoms. The number of ether oxygens (including phenoxy) is 2. The third-order valence-corrected chi connectivity index (χ3v) is 2.96. The number of carboxylic acids is 1. The second-order valence-electron chi connectivity index (χ2n) is 4.73. The van der Waals surface area contributed by atoms with Crippen LogP contribution in [-0.2, 0) is 6.61 Å². The average molecular weight is 287 g/mol. The fourth-order valence-electron chi connectivity index (χ4n) is 1.98. The first kappa shape index (κ1) is 14.8. The van der Waals surface area contributed by atoms with Crippen LogP contribution in [0.5, 0.6) is 11.5 Å². The lowest BCUT2D eigenvalue weighted by molar-refractivity contribution is 0.0691. The van der Waals surface area contributed by atoms with Gasteiger partial charge in [-0.15, -0.1) is 0 Å². The summed E-state index contributed by atoms with van der Waals surface area (Å²) in [6.45, 7) is 3.88. The summed E-state index contributed by atoms with van der Waals surface area (Å²) in [6, 6.07) is 8.64. The van der Waals surface area contributed by atoms with Crippen molar-refractivity contribution in [3.8, 4) is 11.5 Å². The molecule has 0 saturated carbocycles. The quantitative estimate of drug-likeness (QED) is 0.915. The summed E-state index contributed by atoms with van der Waals surface area (Å²) in [5.74, 6) is 0.0160. The first-order valence-corrected chi connectivity index (χ1v) is 6.48. The highest BCUT2D eigenvalue weighted by atomic mass is 16.5. The Morgan fingerprint density at radius 3 is 2.67 bits per heavy atom. The molecule has 0 aliphatic carbocycles. The van der Waals surface area contributed by atoms with E-state index in [1.807, 2.05) is 26.0 Å². The number of aryl methyl sites for hydroxylation is 2. The highest BCUT2D eigenvalue weighted by molar-refractivity contribution is 5.91. The molecule has 1 aromatic heterocycles. The Morgan fingerprint density at radius 2 is 2.00 bits per heavy atom. The number of hydrogen-bond donors (Lipinski definition) is 1. The summed E-state index contributed by atoms with van der Waals surface area (Å²) in [6.07, 6.45) is 0. The molecule has 110 valence electrons. The van der Waals surface area contributed by atoms with E-state index < -0.39 is 5.97 Å². The van der Waals surface area contributed by atoms with Crippen molar-refractivity contribution >= 4 is 5.97 Å². The SMILES string of the molecule is COc1cc(C)nc(COc2ccc(C)cc2C(=O)O)c1. The van der Waals surface area contributed by atoms with Crippen LogP contribution < -0.4 is 9.47 Å². The highest BCUT2D eigenvalue weighted by Gasteiger charge is 2.12. The van der Waals surface area contributed by atoms with Crippen molar-refractivity contribution in [3.63, 3.8) is 0 Å². The van der Waals surface area contributed by atoms with Gasteiger partial charge in [-0.3, -0.25) is 4.98 Å². The van der Waals surface area contributed by atoms with Gasteiger partial charge in [0.2, 0.25) is 0 Å². The normalized spacial score (nSPS) is 10.2. The van der Waals surface area contributed by atoms with E-state index in [-0.39, 0.29) is 12.2 Å². The Labute approximate surface area is 123 Å². The zero-order chi connectivity index (χ0) is 15.4. The van der Waals surface area contributed by atoms with Gasteiger partial charge in [-0.2, -0.15) is 0 Å².